The highest BCUT2D eigenvalue weighted by Gasteiger charge is 2.17. The van der Waals surface area contributed by atoms with Crippen LogP contribution in [0.25, 0.3) is 17.0 Å². The third kappa shape index (κ3) is 4.91. The first kappa shape index (κ1) is 21.8. The summed E-state index contributed by atoms with van der Waals surface area (Å²) < 4.78 is 1.52. The standard InChI is InChI=1S/C27H23N3O3/c1-18-9-8-12-22(15-18)28-27(33)24(29-26(32)20-10-4-3-5-11-20)16-21-17-30(19(2)31)25-14-7-6-13-23(21)25/h3-17H,1-2H3,(H,28,33)(H,29,32). The van der Waals surface area contributed by atoms with E-state index in [2.05, 4.69) is 10.6 Å². The minimum atomic E-state index is -0.468. The first-order chi connectivity index (χ1) is 15.9. The van der Waals surface area contributed by atoms with Crippen LogP contribution in [0, 0.1) is 6.92 Å². The normalized spacial score (nSPS) is 11.3. The smallest absolute Gasteiger partial charge is 0.272 e. The number of carbonyl (C=O) groups excluding carboxylic acids is 3. The number of amides is 2. The van der Waals surface area contributed by atoms with Gasteiger partial charge in [0.15, 0.2) is 0 Å². The molecule has 4 aromatic rings. The van der Waals surface area contributed by atoms with Crippen molar-refractivity contribution in [2.24, 2.45) is 0 Å². The molecule has 6 heteroatoms. The number of rotatable bonds is 5. The molecular formula is C27H23N3O3. The van der Waals surface area contributed by atoms with Gasteiger partial charge in [-0.3, -0.25) is 19.0 Å². The number of aryl methyl sites for hydroxylation is 1. The lowest BCUT2D eigenvalue weighted by Gasteiger charge is -2.11. The van der Waals surface area contributed by atoms with Crippen molar-refractivity contribution in [3.63, 3.8) is 0 Å². The highest BCUT2D eigenvalue weighted by molar-refractivity contribution is 6.12. The summed E-state index contributed by atoms with van der Waals surface area (Å²) in [5.74, 6) is -1.02. The van der Waals surface area contributed by atoms with E-state index in [9.17, 15) is 14.4 Å². The van der Waals surface area contributed by atoms with Crippen molar-refractivity contribution in [2.75, 3.05) is 5.32 Å². The summed E-state index contributed by atoms with van der Waals surface area (Å²) in [4.78, 5) is 38.2. The van der Waals surface area contributed by atoms with Crippen LogP contribution in [-0.2, 0) is 4.79 Å². The predicted molar refractivity (Wildman–Crippen MR) is 130 cm³/mol. The fourth-order valence-corrected chi connectivity index (χ4v) is 3.60. The highest BCUT2D eigenvalue weighted by Crippen LogP contribution is 2.24. The van der Waals surface area contributed by atoms with E-state index in [-0.39, 0.29) is 11.6 Å². The first-order valence-corrected chi connectivity index (χ1v) is 10.5. The van der Waals surface area contributed by atoms with Crippen LogP contribution in [0.4, 0.5) is 5.69 Å². The van der Waals surface area contributed by atoms with Gasteiger partial charge in [-0.2, -0.15) is 0 Å². The fraction of sp³-hybridized carbons (Fsp3) is 0.0741. The van der Waals surface area contributed by atoms with E-state index in [1.807, 2.05) is 55.5 Å². The summed E-state index contributed by atoms with van der Waals surface area (Å²) >= 11 is 0. The van der Waals surface area contributed by atoms with Gasteiger partial charge in [0.25, 0.3) is 11.8 Å². The molecule has 2 N–H and O–H groups in total. The Labute approximate surface area is 191 Å². The van der Waals surface area contributed by atoms with Crippen LogP contribution in [0.2, 0.25) is 0 Å². The van der Waals surface area contributed by atoms with Gasteiger partial charge in [0.05, 0.1) is 5.52 Å². The molecular weight excluding hydrogens is 414 g/mol. The lowest BCUT2D eigenvalue weighted by Crippen LogP contribution is -2.30. The second-order valence-electron chi connectivity index (χ2n) is 7.69. The van der Waals surface area contributed by atoms with Crippen LogP contribution < -0.4 is 10.6 Å². The second kappa shape index (κ2) is 9.36. The third-order valence-corrected chi connectivity index (χ3v) is 5.19. The molecule has 0 bridgehead atoms. The predicted octanol–water partition coefficient (Wildman–Crippen LogP) is 5.02. The van der Waals surface area contributed by atoms with E-state index >= 15 is 0 Å². The van der Waals surface area contributed by atoms with Gasteiger partial charge in [-0.15, -0.1) is 0 Å². The average Bonchev–Trinajstić information content (AvgIpc) is 3.18. The molecule has 0 aliphatic heterocycles. The molecule has 164 valence electrons. The molecule has 4 rings (SSSR count). The molecule has 0 atom stereocenters. The molecule has 0 spiro atoms. The van der Waals surface area contributed by atoms with Gasteiger partial charge in [-0.1, -0.05) is 48.5 Å². The average molecular weight is 437 g/mol. The monoisotopic (exact) mass is 437 g/mol. The maximum atomic E-state index is 13.2. The van der Waals surface area contributed by atoms with Crippen molar-refractivity contribution < 1.29 is 14.4 Å². The van der Waals surface area contributed by atoms with Crippen molar-refractivity contribution in [3.05, 3.63) is 107 Å². The zero-order valence-electron chi connectivity index (χ0n) is 18.3. The van der Waals surface area contributed by atoms with Crippen molar-refractivity contribution in [1.82, 2.24) is 9.88 Å². The highest BCUT2D eigenvalue weighted by atomic mass is 16.2. The number of fused-ring (bicyclic) bond motifs is 1. The van der Waals surface area contributed by atoms with E-state index in [0.29, 0.717) is 16.8 Å². The van der Waals surface area contributed by atoms with Gasteiger partial charge in [0.2, 0.25) is 5.91 Å². The summed E-state index contributed by atoms with van der Waals surface area (Å²) in [7, 11) is 0. The number of nitrogens with zero attached hydrogens (tertiary/aromatic N) is 1. The SMILES string of the molecule is CC(=O)n1cc(C=C(NC(=O)c2ccccc2)C(=O)Nc2cccc(C)c2)c2ccccc21. The van der Waals surface area contributed by atoms with Crippen LogP contribution in [0.5, 0.6) is 0 Å². The minimum absolute atomic E-state index is 0.0665. The Morgan fingerprint density at radius 3 is 2.33 bits per heavy atom. The molecule has 2 amide bonds. The summed E-state index contributed by atoms with van der Waals surface area (Å²) in [6.07, 6.45) is 3.26. The summed E-state index contributed by atoms with van der Waals surface area (Å²) in [6, 6.07) is 23.5. The van der Waals surface area contributed by atoms with Gasteiger partial charge in [-0.25, -0.2) is 0 Å². The number of anilines is 1. The Morgan fingerprint density at radius 2 is 1.61 bits per heavy atom. The second-order valence-corrected chi connectivity index (χ2v) is 7.69. The van der Waals surface area contributed by atoms with Crippen LogP contribution >= 0.6 is 0 Å². The number of para-hydroxylation sites is 1. The Hall–Kier alpha value is -4.45. The van der Waals surface area contributed by atoms with Gasteiger partial charge < -0.3 is 10.6 Å². The Kier molecular flexibility index (Phi) is 6.17. The Morgan fingerprint density at radius 1 is 0.879 bits per heavy atom. The lowest BCUT2D eigenvalue weighted by molar-refractivity contribution is -0.113. The van der Waals surface area contributed by atoms with Crippen molar-refractivity contribution in [3.8, 4) is 0 Å². The van der Waals surface area contributed by atoms with E-state index in [1.165, 1.54) is 11.5 Å². The number of aromatic nitrogens is 1. The van der Waals surface area contributed by atoms with Crippen molar-refractivity contribution in [2.45, 2.75) is 13.8 Å². The number of nitrogens with one attached hydrogen (secondary N) is 2. The Bertz CT molecular complexity index is 1380. The third-order valence-electron chi connectivity index (χ3n) is 5.19. The molecule has 1 heterocycles. The number of carbonyl (C=O) groups is 3. The Balaban J connectivity index is 1.76. The fourth-order valence-electron chi connectivity index (χ4n) is 3.60. The molecule has 0 aliphatic rings. The molecule has 33 heavy (non-hydrogen) atoms. The van der Waals surface area contributed by atoms with Crippen molar-refractivity contribution in [1.29, 1.82) is 0 Å². The molecule has 6 nitrogen and oxygen atoms in total. The van der Waals surface area contributed by atoms with Gasteiger partial charge >= 0.3 is 0 Å². The topological polar surface area (TPSA) is 80.2 Å². The molecule has 0 saturated carbocycles. The lowest BCUT2D eigenvalue weighted by atomic mass is 10.1. The number of hydrogen-bond donors (Lipinski definition) is 2. The molecule has 0 fully saturated rings. The quantitative estimate of drug-likeness (QED) is 0.430. The maximum Gasteiger partial charge on any atom is 0.272 e. The first-order valence-electron chi connectivity index (χ1n) is 10.5. The molecule has 0 unspecified atom stereocenters. The van der Waals surface area contributed by atoms with Crippen molar-refractivity contribution >= 4 is 40.4 Å². The summed E-state index contributed by atoms with van der Waals surface area (Å²) in [5, 5.41) is 6.37. The van der Waals surface area contributed by atoms with Crippen LogP contribution in [-0.4, -0.2) is 22.3 Å². The number of benzene rings is 3. The largest absolute Gasteiger partial charge is 0.321 e. The van der Waals surface area contributed by atoms with Crippen LogP contribution in [0.15, 0.2) is 90.8 Å². The van der Waals surface area contributed by atoms with Crippen LogP contribution in [0.1, 0.15) is 33.2 Å². The van der Waals surface area contributed by atoms with Gasteiger partial charge in [0.1, 0.15) is 5.70 Å². The minimum Gasteiger partial charge on any atom is -0.321 e. The molecule has 0 saturated heterocycles. The maximum absolute atomic E-state index is 13.2. The van der Waals surface area contributed by atoms with E-state index in [4.69, 9.17) is 0 Å². The molecule has 0 radical (unpaired) electrons. The van der Waals surface area contributed by atoms with Gasteiger partial charge in [-0.05, 0) is 48.9 Å². The molecule has 0 aliphatic carbocycles. The number of hydrogen-bond acceptors (Lipinski definition) is 3. The zero-order chi connectivity index (χ0) is 23.4. The molecule has 1 aromatic heterocycles. The zero-order valence-corrected chi connectivity index (χ0v) is 18.3. The summed E-state index contributed by atoms with van der Waals surface area (Å²) in [5.41, 5.74) is 3.48. The molecule has 3 aromatic carbocycles. The van der Waals surface area contributed by atoms with E-state index < -0.39 is 11.8 Å². The van der Waals surface area contributed by atoms with Crippen LogP contribution in [0.3, 0.4) is 0 Å². The van der Waals surface area contributed by atoms with E-state index in [1.54, 1.807) is 42.6 Å². The van der Waals surface area contributed by atoms with Gasteiger partial charge in [0, 0.05) is 35.3 Å². The van der Waals surface area contributed by atoms with E-state index in [0.717, 1.165) is 16.5 Å². The summed E-state index contributed by atoms with van der Waals surface area (Å²) in [6.45, 7) is 3.41.